The summed E-state index contributed by atoms with van der Waals surface area (Å²) in [5.74, 6) is 0. The summed E-state index contributed by atoms with van der Waals surface area (Å²) in [5.41, 5.74) is 3.21. The minimum atomic E-state index is 0.645. The highest BCUT2D eigenvalue weighted by Gasteiger charge is 2.15. The monoisotopic (exact) mass is 244 g/mol. The smallest absolute Gasteiger partial charge is 0.221 e. The van der Waals surface area contributed by atoms with Gasteiger partial charge >= 0.3 is 0 Å². The molecule has 17 heavy (non-hydrogen) atoms. The Labute approximate surface area is 104 Å². The second-order valence-corrected chi connectivity index (χ2v) is 5.17. The Balaban J connectivity index is 2.72. The average Bonchev–Trinajstić information content (AvgIpc) is 2.79. The number of aryl methyl sites for hydroxylation is 2. The van der Waals surface area contributed by atoms with Gasteiger partial charge in [-0.3, -0.25) is 4.79 Å². The van der Waals surface area contributed by atoms with E-state index in [1.54, 1.807) is 11.3 Å². The van der Waals surface area contributed by atoms with E-state index in [-0.39, 0.29) is 0 Å². The van der Waals surface area contributed by atoms with Crippen molar-refractivity contribution in [3.8, 4) is 5.00 Å². The summed E-state index contributed by atoms with van der Waals surface area (Å²) >= 11 is 1.58. The summed E-state index contributed by atoms with van der Waals surface area (Å²) in [4.78, 5) is 15.6. The summed E-state index contributed by atoms with van der Waals surface area (Å²) < 4.78 is 1.98. The quantitative estimate of drug-likeness (QED) is 0.582. The van der Waals surface area contributed by atoms with Crippen molar-refractivity contribution < 1.29 is 4.79 Å². The van der Waals surface area contributed by atoms with Crippen LogP contribution in [0.15, 0.2) is 12.1 Å². The van der Waals surface area contributed by atoms with E-state index >= 15 is 0 Å². The molecule has 0 spiro atoms. The molecule has 0 saturated heterocycles. The van der Waals surface area contributed by atoms with Gasteiger partial charge in [-0.25, -0.2) is 4.85 Å². The van der Waals surface area contributed by atoms with Crippen molar-refractivity contribution in [2.75, 3.05) is 0 Å². The number of aromatic nitrogens is 1. The second-order valence-electron chi connectivity index (χ2n) is 3.94. The van der Waals surface area contributed by atoms with Gasteiger partial charge in [-0.1, -0.05) is 0 Å². The number of hydrogen-bond donors (Lipinski definition) is 0. The Bertz CT molecular complexity index is 629. The van der Waals surface area contributed by atoms with E-state index in [0.29, 0.717) is 11.3 Å². The van der Waals surface area contributed by atoms with E-state index in [0.717, 1.165) is 27.6 Å². The predicted octanol–water partition coefficient (Wildman–Crippen LogP) is 3.83. The van der Waals surface area contributed by atoms with Crippen LogP contribution in [-0.4, -0.2) is 10.9 Å². The summed E-state index contributed by atoms with van der Waals surface area (Å²) in [6, 6.07) is 3.73. The van der Waals surface area contributed by atoms with E-state index in [4.69, 9.17) is 6.57 Å². The molecule has 0 N–H and O–H groups in total. The van der Waals surface area contributed by atoms with Gasteiger partial charge in [0.15, 0.2) is 6.29 Å². The maximum absolute atomic E-state index is 10.9. The van der Waals surface area contributed by atoms with Gasteiger partial charge in [0.2, 0.25) is 5.69 Å². The van der Waals surface area contributed by atoms with E-state index < -0.39 is 0 Å². The SMILES string of the molecule is [C-]#[N+]c1cc(C)sc1-n1c(C)cc(C=O)c1C. The van der Waals surface area contributed by atoms with Crippen LogP contribution >= 0.6 is 11.3 Å². The number of hydrogen-bond acceptors (Lipinski definition) is 2. The zero-order valence-electron chi connectivity index (χ0n) is 9.94. The lowest BCUT2D eigenvalue weighted by molar-refractivity contribution is 0.112. The lowest BCUT2D eigenvalue weighted by Crippen LogP contribution is -1.96. The van der Waals surface area contributed by atoms with Crippen LogP contribution in [0.4, 0.5) is 5.69 Å². The topological polar surface area (TPSA) is 26.4 Å². The number of carbonyl (C=O) groups is 1. The number of nitrogens with zero attached hydrogens (tertiary/aromatic N) is 2. The van der Waals surface area contributed by atoms with Gasteiger partial charge in [0, 0.05) is 17.0 Å². The molecule has 0 bridgehead atoms. The molecule has 0 aromatic carbocycles. The fourth-order valence-electron chi connectivity index (χ4n) is 1.95. The third-order valence-electron chi connectivity index (χ3n) is 2.74. The highest BCUT2D eigenvalue weighted by molar-refractivity contribution is 7.15. The molecule has 0 radical (unpaired) electrons. The lowest BCUT2D eigenvalue weighted by atomic mass is 10.3. The summed E-state index contributed by atoms with van der Waals surface area (Å²) in [7, 11) is 0. The number of rotatable bonds is 2. The molecule has 2 heterocycles. The van der Waals surface area contributed by atoms with E-state index in [9.17, 15) is 4.79 Å². The van der Waals surface area contributed by atoms with Gasteiger partial charge in [0.05, 0.1) is 6.57 Å². The van der Waals surface area contributed by atoms with Gasteiger partial charge < -0.3 is 4.57 Å². The van der Waals surface area contributed by atoms with Crippen molar-refractivity contribution in [3.05, 3.63) is 45.4 Å². The molecule has 2 aromatic heterocycles. The zero-order chi connectivity index (χ0) is 12.6. The first-order valence-corrected chi connectivity index (χ1v) is 6.02. The standard InChI is InChI=1S/C13H12N2OS/c1-8-5-11(7-16)10(3)15(8)13-12(14-4)6-9(2)17-13/h5-7H,1-3H3. The Kier molecular flexibility index (Phi) is 2.86. The summed E-state index contributed by atoms with van der Waals surface area (Å²) in [6.07, 6.45) is 0.858. The molecular weight excluding hydrogens is 232 g/mol. The first-order chi connectivity index (χ1) is 8.08. The van der Waals surface area contributed by atoms with Crippen LogP contribution in [0.5, 0.6) is 0 Å². The number of thiophene rings is 1. The Morgan fingerprint density at radius 1 is 1.35 bits per heavy atom. The van der Waals surface area contributed by atoms with Crippen LogP contribution in [0, 0.1) is 27.3 Å². The first-order valence-electron chi connectivity index (χ1n) is 5.21. The lowest BCUT2D eigenvalue weighted by Gasteiger charge is -2.07. The Hall–Kier alpha value is -1.86. The molecule has 0 unspecified atom stereocenters. The molecule has 2 aromatic rings. The van der Waals surface area contributed by atoms with Crippen LogP contribution in [0.2, 0.25) is 0 Å². The molecule has 2 rings (SSSR count). The van der Waals surface area contributed by atoms with E-state index in [2.05, 4.69) is 4.85 Å². The molecule has 0 aliphatic carbocycles. The van der Waals surface area contributed by atoms with Gasteiger partial charge in [-0.2, -0.15) is 0 Å². The fraction of sp³-hybridized carbons (Fsp3) is 0.231. The van der Waals surface area contributed by atoms with Crippen LogP contribution in [-0.2, 0) is 0 Å². The third-order valence-corrected chi connectivity index (χ3v) is 3.76. The number of carbonyl (C=O) groups excluding carboxylic acids is 1. The van der Waals surface area contributed by atoms with Crippen LogP contribution < -0.4 is 0 Å². The van der Waals surface area contributed by atoms with Crippen molar-refractivity contribution in [3.63, 3.8) is 0 Å². The van der Waals surface area contributed by atoms with Crippen LogP contribution in [0.1, 0.15) is 26.6 Å². The van der Waals surface area contributed by atoms with E-state index in [1.807, 2.05) is 37.5 Å². The van der Waals surface area contributed by atoms with Gasteiger partial charge in [-0.05, 0) is 37.8 Å². The van der Waals surface area contributed by atoms with Crippen LogP contribution in [0.3, 0.4) is 0 Å². The fourth-order valence-corrected chi connectivity index (χ4v) is 3.01. The Morgan fingerprint density at radius 3 is 2.59 bits per heavy atom. The Morgan fingerprint density at radius 2 is 2.06 bits per heavy atom. The minimum absolute atomic E-state index is 0.645. The molecule has 0 fully saturated rings. The van der Waals surface area contributed by atoms with Crippen molar-refractivity contribution in [2.24, 2.45) is 0 Å². The molecule has 4 heteroatoms. The third kappa shape index (κ3) is 1.79. The molecular formula is C13H12N2OS. The van der Waals surface area contributed by atoms with Crippen molar-refractivity contribution in [2.45, 2.75) is 20.8 Å². The molecule has 0 aliphatic heterocycles. The van der Waals surface area contributed by atoms with Crippen LogP contribution in [0.25, 0.3) is 9.85 Å². The molecule has 3 nitrogen and oxygen atoms in total. The normalized spacial score (nSPS) is 10.2. The maximum atomic E-state index is 10.9. The first kappa shape index (κ1) is 11.6. The van der Waals surface area contributed by atoms with Gasteiger partial charge in [-0.15, -0.1) is 11.3 Å². The molecule has 0 saturated carbocycles. The largest absolute Gasteiger partial charge is 0.318 e. The van der Waals surface area contributed by atoms with Crippen molar-refractivity contribution in [1.82, 2.24) is 4.57 Å². The maximum Gasteiger partial charge on any atom is 0.221 e. The summed E-state index contributed by atoms with van der Waals surface area (Å²) in [5, 5.41) is 0.903. The molecule has 86 valence electrons. The van der Waals surface area contributed by atoms with Crippen molar-refractivity contribution >= 4 is 23.3 Å². The van der Waals surface area contributed by atoms with Crippen molar-refractivity contribution in [1.29, 1.82) is 0 Å². The molecule has 0 aliphatic rings. The highest BCUT2D eigenvalue weighted by Crippen LogP contribution is 2.35. The van der Waals surface area contributed by atoms with Gasteiger partial charge in [0.1, 0.15) is 5.00 Å². The van der Waals surface area contributed by atoms with E-state index in [1.165, 1.54) is 0 Å². The highest BCUT2D eigenvalue weighted by atomic mass is 32.1. The molecule has 0 atom stereocenters. The molecule has 0 amide bonds. The summed E-state index contributed by atoms with van der Waals surface area (Å²) in [6.45, 7) is 13.0. The zero-order valence-corrected chi connectivity index (χ0v) is 10.8. The minimum Gasteiger partial charge on any atom is -0.318 e. The predicted molar refractivity (Wildman–Crippen MR) is 69.5 cm³/mol. The second kappa shape index (κ2) is 4.19. The van der Waals surface area contributed by atoms with Gasteiger partial charge in [0.25, 0.3) is 0 Å². The number of aldehydes is 1. The average molecular weight is 244 g/mol.